The summed E-state index contributed by atoms with van der Waals surface area (Å²) in [6.07, 6.45) is -1.24. The van der Waals surface area contributed by atoms with Crippen LogP contribution in [0.3, 0.4) is 0 Å². The van der Waals surface area contributed by atoms with Gasteiger partial charge in [0.15, 0.2) is 0 Å². The maximum absolute atomic E-state index is 12.1. The molecule has 8 heteroatoms. The van der Waals surface area contributed by atoms with Gasteiger partial charge in [0.25, 0.3) is 6.43 Å². The van der Waals surface area contributed by atoms with Crippen LogP contribution in [-0.2, 0) is 23.1 Å². The van der Waals surface area contributed by atoms with E-state index in [4.69, 9.17) is 0 Å². The highest BCUT2D eigenvalue weighted by Gasteiger charge is 2.19. The number of hydrogen-bond acceptors (Lipinski definition) is 3. The highest BCUT2D eigenvalue weighted by Crippen LogP contribution is 2.15. The minimum Gasteiger partial charge on any atom is -0.349 e. The average molecular weight is 309 g/mol. The number of halogens is 2. The molecular weight excluding hydrogens is 288 g/mol. The van der Waals surface area contributed by atoms with E-state index in [-0.39, 0.29) is 10.9 Å². The van der Waals surface area contributed by atoms with Crippen molar-refractivity contribution in [3.05, 3.63) is 18.0 Å². The van der Waals surface area contributed by atoms with Gasteiger partial charge in [0, 0.05) is 31.0 Å². The molecule has 0 atom stereocenters. The number of aryl methyl sites for hydroxylation is 1. The summed E-state index contributed by atoms with van der Waals surface area (Å²) in [5.41, 5.74) is 0.804. The summed E-state index contributed by atoms with van der Waals surface area (Å²) < 4.78 is 51.6. The highest BCUT2D eigenvalue weighted by atomic mass is 32.2. The molecule has 0 spiro atoms. The van der Waals surface area contributed by atoms with Gasteiger partial charge >= 0.3 is 0 Å². The van der Waals surface area contributed by atoms with Crippen molar-refractivity contribution in [3.63, 3.8) is 0 Å². The molecule has 1 aromatic heterocycles. The van der Waals surface area contributed by atoms with Crippen LogP contribution in [0.5, 0.6) is 0 Å². The molecule has 1 heterocycles. The molecular formula is C12H21F2N3O2S. The number of alkyl halides is 2. The molecule has 2 N–H and O–H groups in total. The molecule has 0 bridgehead atoms. The topological polar surface area (TPSA) is 63.1 Å². The second-order valence-electron chi connectivity index (χ2n) is 4.73. The van der Waals surface area contributed by atoms with E-state index in [2.05, 4.69) is 5.32 Å². The Labute approximate surface area is 118 Å². The maximum atomic E-state index is 12.1. The summed E-state index contributed by atoms with van der Waals surface area (Å²) >= 11 is 0. The molecule has 0 saturated carbocycles. The molecule has 0 unspecified atom stereocenters. The fraction of sp³-hybridized carbons (Fsp3) is 0.667. The summed E-state index contributed by atoms with van der Waals surface area (Å²) in [5, 5.41) is 3.20. The van der Waals surface area contributed by atoms with Crippen molar-refractivity contribution in [3.8, 4) is 0 Å². The van der Waals surface area contributed by atoms with Crippen LogP contribution in [0.15, 0.2) is 17.2 Å². The van der Waals surface area contributed by atoms with Crippen LogP contribution in [0, 0.1) is 0 Å². The van der Waals surface area contributed by atoms with E-state index in [1.54, 1.807) is 4.57 Å². The van der Waals surface area contributed by atoms with E-state index in [0.29, 0.717) is 13.1 Å². The summed E-state index contributed by atoms with van der Waals surface area (Å²) in [6.45, 7) is 6.12. The predicted octanol–water partition coefficient (Wildman–Crippen LogP) is 1.55. The summed E-state index contributed by atoms with van der Waals surface area (Å²) in [4.78, 5) is 0.0144. The van der Waals surface area contributed by atoms with Crippen LogP contribution in [0.2, 0.25) is 0 Å². The molecule has 0 aromatic carbocycles. The van der Waals surface area contributed by atoms with E-state index in [1.165, 1.54) is 12.3 Å². The lowest BCUT2D eigenvalue weighted by atomic mass is 10.3. The molecule has 0 amide bonds. The van der Waals surface area contributed by atoms with Gasteiger partial charge in [0.05, 0.1) is 11.4 Å². The second-order valence-corrected chi connectivity index (χ2v) is 6.50. The Bertz CT molecular complexity index is 527. The molecule has 0 aliphatic rings. The van der Waals surface area contributed by atoms with Gasteiger partial charge in [-0.3, -0.25) is 0 Å². The Morgan fingerprint density at radius 3 is 2.50 bits per heavy atom. The largest absolute Gasteiger partial charge is 0.349 e. The van der Waals surface area contributed by atoms with Crippen molar-refractivity contribution >= 4 is 10.0 Å². The van der Waals surface area contributed by atoms with E-state index >= 15 is 0 Å². The van der Waals surface area contributed by atoms with E-state index in [1.807, 2.05) is 25.5 Å². The first-order valence-corrected chi connectivity index (χ1v) is 7.94. The van der Waals surface area contributed by atoms with Crippen molar-refractivity contribution in [1.29, 1.82) is 0 Å². The first-order valence-electron chi connectivity index (χ1n) is 6.46. The van der Waals surface area contributed by atoms with E-state index in [9.17, 15) is 17.2 Å². The Hall–Kier alpha value is -0.990. The lowest BCUT2D eigenvalue weighted by Gasteiger charge is -2.09. The first-order chi connectivity index (χ1) is 9.26. The standard InChI is InChI=1S/C12H21F2N3O2S/c1-4-17-8-11(5-10(17)6-15-9(2)3)20(18,19)16-7-12(13)14/h5,8-9,12,15-16H,4,6-7H2,1-3H3. The molecule has 5 nitrogen and oxygen atoms in total. The van der Waals surface area contributed by atoms with Gasteiger partial charge in [-0.05, 0) is 13.0 Å². The Balaban J connectivity index is 2.90. The number of sulfonamides is 1. The lowest BCUT2D eigenvalue weighted by Crippen LogP contribution is -2.28. The monoisotopic (exact) mass is 309 g/mol. The van der Waals surface area contributed by atoms with Crippen LogP contribution in [0.1, 0.15) is 26.5 Å². The lowest BCUT2D eigenvalue weighted by molar-refractivity contribution is 0.153. The summed E-state index contributed by atoms with van der Waals surface area (Å²) in [5.74, 6) is 0. The van der Waals surface area contributed by atoms with E-state index < -0.39 is 23.0 Å². The van der Waals surface area contributed by atoms with E-state index in [0.717, 1.165) is 5.69 Å². The zero-order chi connectivity index (χ0) is 15.3. The Morgan fingerprint density at radius 2 is 2.00 bits per heavy atom. The normalized spacial score (nSPS) is 12.6. The van der Waals surface area contributed by atoms with Crippen molar-refractivity contribution in [2.75, 3.05) is 6.54 Å². The van der Waals surface area contributed by atoms with Gasteiger partial charge in [0.1, 0.15) is 0 Å². The van der Waals surface area contributed by atoms with Crippen LogP contribution in [0.4, 0.5) is 8.78 Å². The molecule has 20 heavy (non-hydrogen) atoms. The third-order valence-electron chi connectivity index (χ3n) is 2.73. The SMILES string of the molecule is CCn1cc(S(=O)(=O)NCC(F)F)cc1CNC(C)C. The molecule has 0 aliphatic heterocycles. The molecule has 0 aliphatic carbocycles. The smallest absolute Gasteiger partial charge is 0.251 e. The van der Waals surface area contributed by atoms with Crippen molar-refractivity contribution in [1.82, 2.24) is 14.6 Å². The van der Waals surface area contributed by atoms with Crippen molar-refractivity contribution in [2.24, 2.45) is 0 Å². The van der Waals surface area contributed by atoms with Crippen molar-refractivity contribution in [2.45, 2.75) is 51.2 Å². The fourth-order valence-corrected chi connectivity index (χ4v) is 2.75. The number of aromatic nitrogens is 1. The van der Waals surface area contributed by atoms with Crippen LogP contribution >= 0.6 is 0 Å². The Morgan fingerprint density at radius 1 is 1.35 bits per heavy atom. The fourth-order valence-electron chi connectivity index (χ4n) is 1.68. The molecule has 0 fully saturated rings. The molecule has 1 rings (SSSR count). The number of rotatable bonds is 8. The predicted molar refractivity (Wildman–Crippen MR) is 73.3 cm³/mol. The Kier molecular flexibility index (Phi) is 6.09. The van der Waals surface area contributed by atoms with Gasteiger partial charge < -0.3 is 9.88 Å². The van der Waals surface area contributed by atoms with Gasteiger partial charge in [-0.25, -0.2) is 21.9 Å². The van der Waals surface area contributed by atoms with Gasteiger partial charge in [-0.2, -0.15) is 0 Å². The quantitative estimate of drug-likeness (QED) is 0.766. The third kappa shape index (κ3) is 4.84. The minimum absolute atomic E-state index is 0.0144. The van der Waals surface area contributed by atoms with Crippen LogP contribution in [0.25, 0.3) is 0 Å². The zero-order valence-electron chi connectivity index (χ0n) is 11.9. The van der Waals surface area contributed by atoms with Gasteiger partial charge in [-0.15, -0.1) is 0 Å². The number of nitrogens with one attached hydrogen (secondary N) is 2. The van der Waals surface area contributed by atoms with Crippen molar-refractivity contribution < 1.29 is 17.2 Å². The molecule has 116 valence electrons. The second kappa shape index (κ2) is 7.14. The highest BCUT2D eigenvalue weighted by molar-refractivity contribution is 7.89. The molecule has 0 radical (unpaired) electrons. The number of nitrogens with zero attached hydrogens (tertiary/aromatic N) is 1. The minimum atomic E-state index is -3.88. The number of hydrogen-bond donors (Lipinski definition) is 2. The average Bonchev–Trinajstić information content (AvgIpc) is 2.78. The van der Waals surface area contributed by atoms with Gasteiger partial charge in [-0.1, -0.05) is 13.8 Å². The third-order valence-corrected chi connectivity index (χ3v) is 4.12. The summed E-state index contributed by atoms with van der Waals surface area (Å²) in [6, 6.07) is 1.78. The first kappa shape index (κ1) is 17.1. The summed E-state index contributed by atoms with van der Waals surface area (Å²) in [7, 11) is -3.88. The maximum Gasteiger partial charge on any atom is 0.251 e. The molecule has 1 aromatic rings. The zero-order valence-corrected chi connectivity index (χ0v) is 12.7. The van der Waals surface area contributed by atoms with Crippen LogP contribution < -0.4 is 10.0 Å². The van der Waals surface area contributed by atoms with Crippen LogP contribution in [-0.4, -0.2) is 32.0 Å². The molecule has 0 saturated heterocycles. The van der Waals surface area contributed by atoms with Gasteiger partial charge in [0.2, 0.25) is 10.0 Å².